The lowest BCUT2D eigenvalue weighted by Gasteiger charge is -2.56. The third-order valence-electron chi connectivity index (χ3n) is 6.22. The highest BCUT2D eigenvalue weighted by Crippen LogP contribution is 2.69. The molecule has 4 fully saturated rings. The molecule has 0 aromatic heterocycles. The molecule has 0 aliphatic heterocycles. The standard InChI is InChI=1S/C10H17O3P.2C6H7N/c11-14(12,13)10-4-7-1-8(5-10)3-9(2-7)6-10;2*7-6-4-2-1-3-5-6/h7-9H,1-6H2,(H2,11,12,13);2*1-5H,7H2. The quantitative estimate of drug-likeness (QED) is 0.409. The third-order valence-corrected chi connectivity index (χ3v) is 8.01. The Morgan fingerprint density at radius 3 is 1.25 bits per heavy atom. The van der Waals surface area contributed by atoms with E-state index < -0.39 is 12.8 Å². The summed E-state index contributed by atoms with van der Waals surface area (Å²) in [5, 5.41) is -0.595. The Hall–Kier alpha value is -1.81. The van der Waals surface area contributed by atoms with Gasteiger partial charge in [0.2, 0.25) is 0 Å². The van der Waals surface area contributed by atoms with Crippen LogP contribution in [0.4, 0.5) is 11.4 Å². The van der Waals surface area contributed by atoms with Crippen LogP contribution >= 0.6 is 7.60 Å². The lowest BCUT2D eigenvalue weighted by molar-refractivity contribution is 0.0228. The molecule has 0 saturated heterocycles. The van der Waals surface area contributed by atoms with Gasteiger partial charge in [0.25, 0.3) is 0 Å². The van der Waals surface area contributed by atoms with Gasteiger partial charge in [0, 0.05) is 11.4 Å². The summed E-state index contributed by atoms with van der Waals surface area (Å²) in [5.74, 6) is 1.86. The van der Waals surface area contributed by atoms with Crippen molar-refractivity contribution in [3.05, 3.63) is 60.7 Å². The van der Waals surface area contributed by atoms with Crippen LogP contribution in [-0.4, -0.2) is 14.9 Å². The van der Waals surface area contributed by atoms with Crippen molar-refractivity contribution in [2.45, 2.75) is 43.7 Å². The molecule has 6 heteroatoms. The van der Waals surface area contributed by atoms with Gasteiger partial charge in [0.15, 0.2) is 0 Å². The van der Waals surface area contributed by atoms with Crippen LogP contribution in [0.2, 0.25) is 0 Å². The van der Waals surface area contributed by atoms with Crippen molar-refractivity contribution in [2.75, 3.05) is 11.5 Å². The van der Waals surface area contributed by atoms with Gasteiger partial charge < -0.3 is 21.3 Å². The number of hydrogen-bond donors (Lipinski definition) is 4. The molecule has 4 saturated carbocycles. The second-order valence-electron chi connectivity index (χ2n) is 8.51. The van der Waals surface area contributed by atoms with Gasteiger partial charge in [-0.25, -0.2) is 0 Å². The minimum Gasteiger partial charge on any atom is -0.399 e. The van der Waals surface area contributed by atoms with Gasteiger partial charge in [0.1, 0.15) is 0 Å². The van der Waals surface area contributed by atoms with E-state index in [-0.39, 0.29) is 0 Å². The molecule has 0 spiro atoms. The first-order valence-corrected chi connectivity index (χ1v) is 11.6. The topological polar surface area (TPSA) is 110 Å². The Morgan fingerprint density at radius 1 is 0.714 bits per heavy atom. The molecule has 4 aliphatic rings. The van der Waals surface area contributed by atoms with E-state index in [4.69, 9.17) is 11.5 Å². The van der Waals surface area contributed by atoms with Crippen LogP contribution in [0.5, 0.6) is 0 Å². The number of anilines is 2. The van der Waals surface area contributed by atoms with E-state index in [2.05, 4.69) is 0 Å². The lowest BCUT2D eigenvalue weighted by Crippen LogP contribution is -2.50. The predicted octanol–water partition coefficient (Wildman–Crippen LogP) is 4.67. The van der Waals surface area contributed by atoms with Gasteiger partial charge in [-0.3, -0.25) is 4.57 Å². The predicted molar refractivity (Wildman–Crippen MR) is 115 cm³/mol. The SMILES string of the molecule is Nc1ccccc1.Nc1ccccc1.O=P(O)(O)C12CC3CC(CC(C3)C1)C2. The van der Waals surface area contributed by atoms with Crippen LogP contribution in [0.15, 0.2) is 60.7 Å². The van der Waals surface area contributed by atoms with Crippen molar-refractivity contribution in [1.82, 2.24) is 0 Å². The summed E-state index contributed by atoms with van der Waals surface area (Å²) in [4.78, 5) is 19.0. The Bertz CT molecular complexity index is 719. The van der Waals surface area contributed by atoms with Crippen LogP contribution in [-0.2, 0) is 4.57 Å². The number of rotatable bonds is 1. The van der Waals surface area contributed by atoms with E-state index in [1.54, 1.807) is 0 Å². The summed E-state index contributed by atoms with van der Waals surface area (Å²) in [6, 6.07) is 19.0. The molecule has 0 unspecified atom stereocenters. The maximum absolute atomic E-state index is 11.6. The summed E-state index contributed by atoms with van der Waals surface area (Å²) < 4.78 is 11.6. The third kappa shape index (κ3) is 5.16. The first-order valence-electron chi connectivity index (χ1n) is 9.94. The zero-order chi connectivity index (χ0) is 20.2. The fourth-order valence-electron chi connectivity index (χ4n) is 5.33. The highest BCUT2D eigenvalue weighted by Gasteiger charge is 2.58. The van der Waals surface area contributed by atoms with E-state index in [9.17, 15) is 14.4 Å². The van der Waals surface area contributed by atoms with E-state index in [1.165, 1.54) is 19.3 Å². The zero-order valence-corrected chi connectivity index (χ0v) is 17.0. The summed E-state index contributed by atoms with van der Waals surface area (Å²) >= 11 is 0. The Kier molecular flexibility index (Phi) is 6.49. The Morgan fingerprint density at radius 2 is 1.04 bits per heavy atom. The van der Waals surface area contributed by atoms with Crippen molar-refractivity contribution in [3.8, 4) is 0 Å². The summed E-state index contributed by atoms with van der Waals surface area (Å²) in [7, 11) is -3.87. The lowest BCUT2D eigenvalue weighted by atomic mass is 9.56. The van der Waals surface area contributed by atoms with E-state index in [0.717, 1.165) is 30.6 Å². The van der Waals surface area contributed by atoms with Crippen molar-refractivity contribution in [3.63, 3.8) is 0 Å². The molecule has 152 valence electrons. The molecule has 0 atom stereocenters. The molecular weight excluding hydrogens is 371 g/mol. The maximum Gasteiger partial charge on any atom is 0.331 e. The van der Waals surface area contributed by atoms with Crippen LogP contribution in [0.25, 0.3) is 0 Å². The van der Waals surface area contributed by atoms with Crippen LogP contribution < -0.4 is 11.5 Å². The van der Waals surface area contributed by atoms with Crippen molar-refractivity contribution >= 4 is 19.0 Å². The smallest absolute Gasteiger partial charge is 0.331 e. The molecule has 6 rings (SSSR count). The molecular formula is C22H31N2O3P. The summed E-state index contributed by atoms with van der Waals surface area (Å²) in [6.45, 7) is 0. The second-order valence-corrected chi connectivity index (χ2v) is 10.5. The Balaban J connectivity index is 0.000000136. The van der Waals surface area contributed by atoms with Gasteiger partial charge in [-0.15, -0.1) is 0 Å². The molecule has 6 N–H and O–H groups in total. The first-order chi connectivity index (χ1) is 13.3. The van der Waals surface area contributed by atoms with Gasteiger partial charge in [-0.1, -0.05) is 36.4 Å². The monoisotopic (exact) mass is 402 g/mol. The fourth-order valence-corrected chi connectivity index (χ4v) is 6.82. The molecule has 4 bridgehead atoms. The molecule has 0 radical (unpaired) electrons. The molecule has 0 amide bonds. The van der Waals surface area contributed by atoms with E-state index in [0.29, 0.717) is 17.8 Å². The van der Waals surface area contributed by atoms with Gasteiger partial charge in [-0.05, 0) is 80.5 Å². The number of hydrogen-bond acceptors (Lipinski definition) is 3. The normalized spacial score (nSPS) is 29.9. The average molecular weight is 402 g/mol. The highest BCUT2D eigenvalue weighted by atomic mass is 31.2. The first kappa shape index (κ1) is 20.9. The molecule has 2 aromatic carbocycles. The molecule has 0 heterocycles. The molecule has 4 aliphatic carbocycles. The highest BCUT2D eigenvalue weighted by molar-refractivity contribution is 7.53. The number of para-hydroxylation sites is 2. The molecule has 2 aromatic rings. The van der Waals surface area contributed by atoms with Gasteiger partial charge >= 0.3 is 7.60 Å². The van der Waals surface area contributed by atoms with Crippen molar-refractivity contribution in [1.29, 1.82) is 0 Å². The van der Waals surface area contributed by atoms with E-state index in [1.807, 2.05) is 60.7 Å². The molecule has 5 nitrogen and oxygen atoms in total. The Labute approximate surface area is 167 Å². The van der Waals surface area contributed by atoms with Crippen LogP contribution in [0.1, 0.15) is 38.5 Å². The maximum atomic E-state index is 11.6. The summed E-state index contributed by atoms with van der Waals surface area (Å²) in [6.07, 6.45) is 6.09. The van der Waals surface area contributed by atoms with E-state index >= 15 is 0 Å². The second kappa shape index (κ2) is 8.69. The average Bonchev–Trinajstić information content (AvgIpc) is 2.62. The van der Waals surface area contributed by atoms with Crippen LogP contribution in [0, 0.1) is 17.8 Å². The van der Waals surface area contributed by atoms with Crippen molar-refractivity contribution < 1.29 is 14.4 Å². The number of benzene rings is 2. The number of nitrogens with two attached hydrogens (primary N) is 2. The largest absolute Gasteiger partial charge is 0.399 e. The van der Waals surface area contributed by atoms with Gasteiger partial charge in [-0.2, -0.15) is 0 Å². The van der Waals surface area contributed by atoms with Crippen molar-refractivity contribution in [2.24, 2.45) is 17.8 Å². The van der Waals surface area contributed by atoms with Crippen LogP contribution in [0.3, 0.4) is 0 Å². The zero-order valence-electron chi connectivity index (χ0n) is 16.2. The fraction of sp³-hybridized carbons (Fsp3) is 0.455. The summed E-state index contributed by atoms with van der Waals surface area (Å²) in [5.41, 5.74) is 12.4. The molecule has 28 heavy (non-hydrogen) atoms. The minimum atomic E-state index is -3.87. The van der Waals surface area contributed by atoms with Gasteiger partial charge in [0.05, 0.1) is 5.16 Å². The minimum absolute atomic E-state index is 0.595. The number of nitrogen functional groups attached to an aromatic ring is 2.